The number of nitrogens with two attached hydrogens (primary N) is 1. The number of imidazole rings is 1. The van der Waals surface area contributed by atoms with E-state index < -0.39 is 0 Å². The van der Waals surface area contributed by atoms with Gasteiger partial charge >= 0.3 is 0 Å². The average molecular weight is 270 g/mol. The average Bonchev–Trinajstić information content (AvgIpc) is 3.01. The molecule has 1 unspecified atom stereocenters. The van der Waals surface area contributed by atoms with Crippen molar-refractivity contribution < 1.29 is 4.79 Å². The molecule has 1 aromatic carbocycles. The van der Waals surface area contributed by atoms with E-state index in [0.717, 1.165) is 25.2 Å². The Balaban J connectivity index is 1.75. The van der Waals surface area contributed by atoms with Gasteiger partial charge in [-0.3, -0.25) is 4.79 Å². The van der Waals surface area contributed by atoms with E-state index in [4.69, 9.17) is 5.73 Å². The van der Waals surface area contributed by atoms with Crippen molar-refractivity contribution in [1.29, 1.82) is 0 Å². The summed E-state index contributed by atoms with van der Waals surface area (Å²) in [7, 11) is 0. The van der Waals surface area contributed by atoms with Crippen molar-refractivity contribution in [2.45, 2.75) is 18.8 Å². The van der Waals surface area contributed by atoms with Crippen LogP contribution in [0.4, 0.5) is 5.69 Å². The summed E-state index contributed by atoms with van der Waals surface area (Å²) in [5.41, 5.74) is 7.02. The molecule has 0 spiro atoms. The molecule has 0 saturated carbocycles. The molecule has 5 nitrogen and oxygen atoms in total. The minimum absolute atomic E-state index is 0.0496. The van der Waals surface area contributed by atoms with Crippen LogP contribution in [0.5, 0.6) is 0 Å². The molecule has 1 saturated heterocycles. The van der Waals surface area contributed by atoms with Gasteiger partial charge in [0, 0.05) is 42.7 Å². The number of nitrogens with zero attached hydrogens (tertiary/aromatic N) is 2. The van der Waals surface area contributed by atoms with Gasteiger partial charge in [0.05, 0.1) is 0 Å². The molecule has 0 radical (unpaired) electrons. The van der Waals surface area contributed by atoms with Gasteiger partial charge in [0.25, 0.3) is 5.91 Å². The first-order valence-corrected chi connectivity index (χ1v) is 6.88. The highest BCUT2D eigenvalue weighted by Gasteiger charge is 2.26. The molecule has 2 heterocycles. The van der Waals surface area contributed by atoms with Gasteiger partial charge in [-0.25, -0.2) is 4.98 Å². The maximum Gasteiger partial charge on any atom is 0.253 e. The number of piperidine rings is 1. The van der Waals surface area contributed by atoms with Gasteiger partial charge < -0.3 is 15.6 Å². The number of carbonyl (C=O) groups excluding carboxylic acids is 1. The summed E-state index contributed by atoms with van der Waals surface area (Å²) in [4.78, 5) is 21.9. The molecule has 104 valence electrons. The molecule has 1 aliphatic rings. The molecule has 0 bridgehead atoms. The fourth-order valence-electron chi connectivity index (χ4n) is 2.74. The maximum atomic E-state index is 12.5. The maximum absolute atomic E-state index is 12.5. The minimum Gasteiger partial charge on any atom is -0.399 e. The number of amides is 1. The second-order valence-corrected chi connectivity index (χ2v) is 5.19. The molecular formula is C15H18N4O. The summed E-state index contributed by atoms with van der Waals surface area (Å²) in [5.74, 6) is 1.31. The molecule has 0 aliphatic carbocycles. The summed E-state index contributed by atoms with van der Waals surface area (Å²) < 4.78 is 0. The van der Waals surface area contributed by atoms with E-state index in [0.29, 0.717) is 23.7 Å². The van der Waals surface area contributed by atoms with Crippen LogP contribution in [0.25, 0.3) is 0 Å². The van der Waals surface area contributed by atoms with Gasteiger partial charge in [0.2, 0.25) is 0 Å². The van der Waals surface area contributed by atoms with Crippen LogP contribution >= 0.6 is 0 Å². The molecule has 1 aliphatic heterocycles. The first-order chi connectivity index (χ1) is 9.74. The zero-order valence-electron chi connectivity index (χ0n) is 11.2. The number of aromatic nitrogens is 2. The molecule has 20 heavy (non-hydrogen) atoms. The fraction of sp³-hybridized carbons (Fsp3) is 0.333. The van der Waals surface area contributed by atoms with Crippen molar-refractivity contribution in [1.82, 2.24) is 14.9 Å². The van der Waals surface area contributed by atoms with Gasteiger partial charge in [-0.1, -0.05) is 6.07 Å². The third-order valence-electron chi connectivity index (χ3n) is 3.75. The van der Waals surface area contributed by atoms with Crippen LogP contribution in [-0.4, -0.2) is 33.9 Å². The Morgan fingerprint density at radius 3 is 3.10 bits per heavy atom. The molecule has 1 amide bonds. The van der Waals surface area contributed by atoms with Crippen LogP contribution in [0.1, 0.15) is 34.9 Å². The first kappa shape index (κ1) is 12.7. The lowest BCUT2D eigenvalue weighted by atomic mass is 9.96. The van der Waals surface area contributed by atoms with Gasteiger partial charge in [0.15, 0.2) is 0 Å². The monoisotopic (exact) mass is 270 g/mol. The van der Waals surface area contributed by atoms with Gasteiger partial charge in [-0.2, -0.15) is 0 Å². The number of carbonyl (C=O) groups is 1. The van der Waals surface area contributed by atoms with E-state index in [-0.39, 0.29) is 5.91 Å². The highest BCUT2D eigenvalue weighted by atomic mass is 16.2. The Kier molecular flexibility index (Phi) is 3.41. The number of aromatic amines is 1. The fourth-order valence-corrected chi connectivity index (χ4v) is 2.74. The van der Waals surface area contributed by atoms with Crippen LogP contribution in [0, 0.1) is 0 Å². The van der Waals surface area contributed by atoms with Crippen LogP contribution in [0.2, 0.25) is 0 Å². The Morgan fingerprint density at radius 1 is 1.45 bits per heavy atom. The Morgan fingerprint density at radius 2 is 2.35 bits per heavy atom. The molecule has 1 aromatic heterocycles. The summed E-state index contributed by atoms with van der Waals surface area (Å²) in [6.45, 7) is 1.51. The smallest absolute Gasteiger partial charge is 0.253 e. The SMILES string of the molecule is Nc1cccc(C(=O)N2CCCC(c3ncc[nH]3)C2)c1. The van der Waals surface area contributed by atoms with E-state index in [2.05, 4.69) is 9.97 Å². The summed E-state index contributed by atoms with van der Waals surface area (Å²) in [6.07, 6.45) is 5.65. The van der Waals surface area contributed by atoms with Crippen molar-refractivity contribution in [3.05, 3.63) is 48.0 Å². The van der Waals surface area contributed by atoms with E-state index >= 15 is 0 Å². The predicted octanol–water partition coefficient (Wildman–Crippen LogP) is 2.01. The number of likely N-dealkylation sites (tertiary alicyclic amines) is 1. The third-order valence-corrected chi connectivity index (χ3v) is 3.75. The quantitative estimate of drug-likeness (QED) is 0.820. The number of benzene rings is 1. The van der Waals surface area contributed by atoms with Gasteiger partial charge in [-0.05, 0) is 31.0 Å². The Hall–Kier alpha value is -2.30. The zero-order chi connectivity index (χ0) is 13.9. The summed E-state index contributed by atoms with van der Waals surface area (Å²) >= 11 is 0. The van der Waals surface area contributed by atoms with Crippen molar-refractivity contribution in [2.24, 2.45) is 0 Å². The molecule has 5 heteroatoms. The van der Waals surface area contributed by atoms with Crippen LogP contribution in [-0.2, 0) is 0 Å². The Labute approximate surface area is 117 Å². The normalized spacial score (nSPS) is 19.0. The molecule has 1 atom stereocenters. The van der Waals surface area contributed by atoms with Gasteiger partial charge in [-0.15, -0.1) is 0 Å². The first-order valence-electron chi connectivity index (χ1n) is 6.88. The predicted molar refractivity (Wildman–Crippen MR) is 77.3 cm³/mol. The topological polar surface area (TPSA) is 75.0 Å². The lowest BCUT2D eigenvalue weighted by Crippen LogP contribution is -2.39. The third kappa shape index (κ3) is 2.52. The lowest BCUT2D eigenvalue weighted by molar-refractivity contribution is 0.0705. The molecule has 2 aromatic rings. The number of hydrogen-bond donors (Lipinski definition) is 2. The second-order valence-electron chi connectivity index (χ2n) is 5.19. The largest absolute Gasteiger partial charge is 0.399 e. The second kappa shape index (κ2) is 5.36. The van der Waals surface area contributed by atoms with Gasteiger partial charge in [0.1, 0.15) is 5.82 Å². The van der Waals surface area contributed by atoms with Crippen molar-refractivity contribution >= 4 is 11.6 Å². The number of rotatable bonds is 2. The molecule has 3 N–H and O–H groups in total. The molecular weight excluding hydrogens is 252 g/mol. The van der Waals surface area contributed by atoms with Crippen molar-refractivity contribution in [3.8, 4) is 0 Å². The van der Waals surface area contributed by atoms with Crippen LogP contribution in [0.15, 0.2) is 36.7 Å². The minimum atomic E-state index is 0.0496. The summed E-state index contributed by atoms with van der Waals surface area (Å²) in [5, 5.41) is 0. The van der Waals surface area contributed by atoms with E-state index in [1.165, 1.54) is 0 Å². The standard InChI is InChI=1S/C15H18N4O/c16-13-5-1-3-11(9-13)15(20)19-8-2-4-12(10-19)14-17-6-7-18-14/h1,3,5-7,9,12H,2,4,8,10,16H2,(H,17,18). The van der Waals surface area contributed by atoms with Crippen molar-refractivity contribution in [2.75, 3.05) is 18.8 Å². The van der Waals surface area contributed by atoms with E-state index in [1.807, 2.05) is 23.2 Å². The van der Waals surface area contributed by atoms with Crippen molar-refractivity contribution in [3.63, 3.8) is 0 Å². The zero-order valence-corrected chi connectivity index (χ0v) is 11.2. The highest BCUT2D eigenvalue weighted by molar-refractivity contribution is 5.95. The number of H-pyrrole nitrogens is 1. The number of nitrogens with one attached hydrogen (secondary N) is 1. The summed E-state index contributed by atoms with van der Waals surface area (Å²) in [6, 6.07) is 7.16. The molecule has 1 fully saturated rings. The highest BCUT2D eigenvalue weighted by Crippen LogP contribution is 2.25. The van der Waals surface area contributed by atoms with Crippen LogP contribution in [0.3, 0.4) is 0 Å². The Bertz CT molecular complexity index is 594. The van der Waals surface area contributed by atoms with E-state index in [9.17, 15) is 4.79 Å². The lowest BCUT2D eigenvalue weighted by Gasteiger charge is -2.32. The molecule has 3 rings (SSSR count). The van der Waals surface area contributed by atoms with Crippen LogP contribution < -0.4 is 5.73 Å². The number of nitrogen functional groups attached to an aromatic ring is 1. The number of anilines is 1. The van der Waals surface area contributed by atoms with E-state index in [1.54, 1.807) is 18.3 Å². The number of hydrogen-bond acceptors (Lipinski definition) is 3.